The minimum absolute atomic E-state index is 0.998. The van der Waals surface area contributed by atoms with Crippen LogP contribution in [0.4, 0.5) is 0 Å². The van der Waals surface area contributed by atoms with Crippen molar-refractivity contribution >= 4 is 27.0 Å². The maximum atomic E-state index is 4.42. The highest BCUT2D eigenvalue weighted by atomic mass is 79.9. The van der Waals surface area contributed by atoms with E-state index in [1.807, 2.05) is 37.5 Å². The third-order valence-corrected chi connectivity index (χ3v) is 3.73. The van der Waals surface area contributed by atoms with Crippen LogP contribution < -0.4 is 0 Å². The summed E-state index contributed by atoms with van der Waals surface area (Å²) in [5.41, 5.74) is 3.36. The zero-order valence-electron chi connectivity index (χ0n) is 9.39. The number of fused-ring (bicyclic) bond motifs is 1. The summed E-state index contributed by atoms with van der Waals surface area (Å²) in [6, 6.07) is 14.4. The number of hydrogen-bond acceptors (Lipinski definition) is 1. The second-order valence-corrected chi connectivity index (χ2v) is 4.76. The molecule has 2 heterocycles. The molecule has 17 heavy (non-hydrogen) atoms. The average Bonchev–Trinajstić information content (AvgIpc) is 2.64. The van der Waals surface area contributed by atoms with E-state index in [0.29, 0.717) is 0 Å². The summed E-state index contributed by atoms with van der Waals surface area (Å²) in [7, 11) is 2.04. The van der Waals surface area contributed by atoms with Crippen molar-refractivity contribution in [2.24, 2.45) is 7.05 Å². The topological polar surface area (TPSA) is 17.8 Å². The Hall–Kier alpha value is -1.61. The minimum atomic E-state index is 0.998. The Kier molecular flexibility index (Phi) is 2.48. The molecule has 0 amide bonds. The van der Waals surface area contributed by atoms with Gasteiger partial charge in [-0.2, -0.15) is 0 Å². The van der Waals surface area contributed by atoms with Gasteiger partial charge in [-0.15, -0.1) is 0 Å². The molecule has 0 N–H and O–H groups in total. The van der Waals surface area contributed by atoms with Gasteiger partial charge in [0.2, 0.25) is 0 Å². The quantitative estimate of drug-likeness (QED) is 0.661. The monoisotopic (exact) mass is 286 g/mol. The van der Waals surface area contributed by atoms with E-state index in [1.54, 1.807) is 0 Å². The summed E-state index contributed by atoms with van der Waals surface area (Å²) in [5.74, 6) is 0. The molecule has 0 saturated carbocycles. The Morgan fingerprint density at radius 2 is 1.82 bits per heavy atom. The van der Waals surface area contributed by atoms with Gasteiger partial charge in [0.15, 0.2) is 0 Å². The Bertz CT molecular complexity index is 632. The molecular weight excluding hydrogens is 276 g/mol. The highest BCUT2D eigenvalue weighted by Crippen LogP contribution is 2.35. The molecule has 3 rings (SSSR count). The van der Waals surface area contributed by atoms with E-state index in [1.165, 1.54) is 11.3 Å². The van der Waals surface area contributed by atoms with Crippen LogP contribution in [-0.4, -0.2) is 9.55 Å². The number of aromatic nitrogens is 2. The Morgan fingerprint density at radius 1 is 1.06 bits per heavy atom. The molecule has 0 aliphatic heterocycles. The smallest absolute Gasteiger partial charge is 0.141 e. The van der Waals surface area contributed by atoms with Gasteiger partial charge in [-0.1, -0.05) is 30.3 Å². The summed E-state index contributed by atoms with van der Waals surface area (Å²) < 4.78 is 3.23. The van der Waals surface area contributed by atoms with Gasteiger partial charge in [-0.3, -0.25) is 0 Å². The maximum absolute atomic E-state index is 4.42. The summed E-state index contributed by atoms with van der Waals surface area (Å²) in [4.78, 5) is 4.42. The van der Waals surface area contributed by atoms with Crippen LogP contribution in [0.2, 0.25) is 0 Å². The van der Waals surface area contributed by atoms with Crippen molar-refractivity contribution < 1.29 is 0 Å². The first kappa shape index (κ1) is 10.5. The molecule has 0 unspecified atom stereocenters. The Morgan fingerprint density at radius 3 is 2.53 bits per heavy atom. The van der Waals surface area contributed by atoms with E-state index < -0.39 is 0 Å². The SMILES string of the molecule is Cn1c(-c2ccccc2)c(Br)c2cccnc21. The second-order valence-electron chi connectivity index (χ2n) is 3.96. The molecule has 3 aromatic rings. The van der Waals surface area contributed by atoms with Gasteiger partial charge in [0.25, 0.3) is 0 Å². The number of nitrogens with zero attached hydrogens (tertiary/aromatic N) is 2. The first-order chi connectivity index (χ1) is 8.29. The Balaban J connectivity index is 2.38. The maximum Gasteiger partial charge on any atom is 0.141 e. The van der Waals surface area contributed by atoms with Crippen LogP contribution in [0, 0.1) is 0 Å². The summed E-state index contributed by atoms with van der Waals surface area (Å²) >= 11 is 3.68. The van der Waals surface area contributed by atoms with Crippen LogP contribution in [0.3, 0.4) is 0 Å². The van der Waals surface area contributed by atoms with Crippen LogP contribution >= 0.6 is 15.9 Å². The lowest BCUT2D eigenvalue weighted by molar-refractivity contribution is 0.955. The van der Waals surface area contributed by atoms with Gasteiger partial charge >= 0.3 is 0 Å². The lowest BCUT2D eigenvalue weighted by Crippen LogP contribution is -1.92. The third-order valence-electron chi connectivity index (χ3n) is 2.93. The van der Waals surface area contributed by atoms with E-state index in [2.05, 4.69) is 43.7 Å². The first-order valence-corrected chi connectivity index (χ1v) is 6.22. The molecular formula is C14H11BrN2. The zero-order valence-corrected chi connectivity index (χ0v) is 11.0. The molecule has 0 aliphatic rings. The van der Waals surface area contributed by atoms with E-state index in [9.17, 15) is 0 Å². The van der Waals surface area contributed by atoms with Crippen LogP contribution in [0.5, 0.6) is 0 Å². The fourth-order valence-corrected chi connectivity index (χ4v) is 2.94. The lowest BCUT2D eigenvalue weighted by atomic mass is 10.1. The van der Waals surface area contributed by atoms with Crippen molar-refractivity contribution in [2.75, 3.05) is 0 Å². The number of hydrogen-bond donors (Lipinski definition) is 0. The van der Waals surface area contributed by atoms with Gasteiger partial charge in [-0.25, -0.2) is 4.98 Å². The van der Waals surface area contributed by atoms with Crippen LogP contribution in [0.15, 0.2) is 53.1 Å². The van der Waals surface area contributed by atoms with Crippen LogP contribution in [0.25, 0.3) is 22.3 Å². The average molecular weight is 287 g/mol. The van der Waals surface area contributed by atoms with Crippen molar-refractivity contribution in [1.82, 2.24) is 9.55 Å². The summed E-state index contributed by atoms with van der Waals surface area (Å²) in [6.45, 7) is 0. The number of halogens is 1. The molecule has 0 fully saturated rings. The first-order valence-electron chi connectivity index (χ1n) is 5.43. The fraction of sp³-hybridized carbons (Fsp3) is 0.0714. The molecule has 84 valence electrons. The van der Waals surface area contributed by atoms with E-state index in [4.69, 9.17) is 0 Å². The molecule has 3 heteroatoms. The lowest BCUT2D eigenvalue weighted by Gasteiger charge is -2.04. The number of pyridine rings is 1. The van der Waals surface area contributed by atoms with Crippen LogP contribution in [0.1, 0.15) is 0 Å². The van der Waals surface area contributed by atoms with Gasteiger partial charge < -0.3 is 4.57 Å². The van der Waals surface area contributed by atoms with E-state index in [-0.39, 0.29) is 0 Å². The van der Waals surface area contributed by atoms with Crippen molar-refractivity contribution in [3.05, 3.63) is 53.1 Å². The number of rotatable bonds is 1. The van der Waals surface area contributed by atoms with Crippen LogP contribution in [-0.2, 0) is 7.05 Å². The predicted molar refractivity (Wildman–Crippen MR) is 73.9 cm³/mol. The molecule has 2 nitrogen and oxygen atoms in total. The van der Waals surface area contributed by atoms with Gasteiger partial charge in [-0.05, 0) is 33.6 Å². The largest absolute Gasteiger partial charge is 0.327 e. The summed E-state index contributed by atoms with van der Waals surface area (Å²) in [6.07, 6.45) is 1.82. The third kappa shape index (κ3) is 1.58. The van der Waals surface area contributed by atoms with Gasteiger partial charge in [0, 0.05) is 18.6 Å². The molecule has 0 spiro atoms. The van der Waals surface area contributed by atoms with E-state index >= 15 is 0 Å². The van der Waals surface area contributed by atoms with Crippen molar-refractivity contribution in [2.45, 2.75) is 0 Å². The molecule has 0 bridgehead atoms. The molecule has 1 aromatic carbocycles. The predicted octanol–water partition coefficient (Wildman–Crippen LogP) is 4.00. The standard InChI is InChI=1S/C14H11BrN2/c1-17-13(10-6-3-2-4-7-10)12(15)11-8-5-9-16-14(11)17/h2-9H,1H3. The highest BCUT2D eigenvalue weighted by molar-refractivity contribution is 9.10. The molecule has 0 saturated heterocycles. The Labute approximate surface area is 108 Å². The highest BCUT2D eigenvalue weighted by Gasteiger charge is 2.14. The normalized spacial score (nSPS) is 10.9. The van der Waals surface area contributed by atoms with Gasteiger partial charge in [0.05, 0.1) is 10.2 Å². The van der Waals surface area contributed by atoms with Gasteiger partial charge in [0.1, 0.15) is 5.65 Å². The minimum Gasteiger partial charge on any atom is -0.327 e. The molecule has 0 aliphatic carbocycles. The van der Waals surface area contributed by atoms with E-state index in [0.717, 1.165) is 15.5 Å². The molecule has 0 radical (unpaired) electrons. The molecule has 0 atom stereocenters. The van der Waals surface area contributed by atoms with Crippen molar-refractivity contribution in [1.29, 1.82) is 0 Å². The fourth-order valence-electron chi connectivity index (χ4n) is 2.13. The molecule has 2 aromatic heterocycles. The summed E-state index contributed by atoms with van der Waals surface area (Å²) in [5, 5.41) is 1.15. The zero-order chi connectivity index (χ0) is 11.8. The van der Waals surface area contributed by atoms with Crippen molar-refractivity contribution in [3.63, 3.8) is 0 Å². The van der Waals surface area contributed by atoms with Crippen molar-refractivity contribution in [3.8, 4) is 11.3 Å². The number of benzene rings is 1. The number of aryl methyl sites for hydroxylation is 1. The second kappa shape index (κ2) is 4.00.